The van der Waals surface area contributed by atoms with Crippen molar-refractivity contribution in [3.8, 4) is 5.75 Å². The minimum Gasteiger partial charge on any atom is -0.483 e. The normalized spacial score (nSPS) is 12.6. The number of rotatable bonds is 5. The third-order valence-electron chi connectivity index (χ3n) is 4.41. The minimum absolute atomic E-state index is 0.225. The summed E-state index contributed by atoms with van der Waals surface area (Å²) in [5.41, 5.74) is 4.09. The van der Waals surface area contributed by atoms with E-state index in [0.29, 0.717) is 5.94 Å². The Morgan fingerprint density at radius 1 is 1.30 bits per heavy atom. The molecule has 0 atom stereocenters. The van der Waals surface area contributed by atoms with Gasteiger partial charge >= 0.3 is 0 Å². The quantitative estimate of drug-likeness (QED) is 0.176. The van der Waals surface area contributed by atoms with E-state index in [4.69, 9.17) is 10.1 Å². The van der Waals surface area contributed by atoms with Gasteiger partial charge in [-0.15, -0.1) is 24.4 Å². The van der Waals surface area contributed by atoms with E-state index >= 15 is 0 Å². The standard InChI is InChI=1S/C13H19N3OS.C9H10N2S/c1-9-7-12(17-8-18)10(2)6-11(9)16-13-14-4-3-5-15-13;1-11-9(10)7-3-5-8(12-2)6-4-7/h6-7,18H,3-5,8H2,1-2H3,(H2,14,15,16);3-6,10H,1H2,2H3. The van der Waals surface area contributed by atoms with Gasteiger partial charge in [0.2, 0.25) is 0 Å². The molecule has 0 bridgehead atoms. The summed E-state index contributed by atoms with van der Waals surface area (Å²) in [4.78, 5) is 9.14. The van der Waals surface area contributed by atoms with E-state index in [1.807, 2.05) is 43.5 Å². The highest BCUT2D eigenvalue weighted by Gasteiger charge is 2.09. The molecule has 0 radical (unpaired) electrons. The molecule has 160 valence electrons. The lowest BCUT2D eigenvalue weighted by molar-refractivity contribution is 0.391. The van der Waals surface area contributed by atoms with Crippen molar-refractivity contribution in [1.29, 1.82) is 5.41 Å². The van der Waals surface area contributed by atoms with Crippen LogP contribution in [0.25, 0.3) is 0 Å². The van der Waals surface area contributed by atoms with Crippen LogP contribution in [0, 0.1) is 19.3 Å². The summed E-state index contributed by atoms with van der Waals surface area (Å²) < 4.78 is 5.45. The first kappa shape index (κ1) is 23.8. The van der Waals surface area contributed by atoms with Gasteiger partial charge in [0.15, 0.2) is 11.8 Å². The molecule has 0 fully saturated rings. The summed E-state index contributed by atoms with van der Waals surface area (Å²) in [7, 11) is 0. The van der Waals surface area contributed by atoms with E-state index in [1.54, 1.807) is 11.8 Å². The van der Waals surface area contributed by atoms with Gasteiger partial charge in [0.1, 0.15) is 11.7 Å². The van der Waals surface area contributed by atoms with Gasteiger partial charge in [-0.25, -0.2) is 4.99 Å². The Hall–Kier alpha value is -2.45. The Labute approximate surface area is 188 Å². The van der Waals surface area contributed by atoms with E-state index in [0.717, 1.165) is 53.6 Å². The van der Waals surface area contributed by atoms with Gasteiger partial charge in [-0.05, 0) is 68.6 Å². The Balaban J connectivity index is 0.000000232. The lowest BCUT2D eigenvalue weighted by Gasteiger charge is -2.18. The average Bonchev–Trinajstić information content (AvgIpc) is 2.78. The molecule has 2 aromatic carbocycles. The molecule has 0 aromatic heterocycles. The number of benzene rings is 2. The van der Waals surface area contributed by atoms with Crippen molar-refractivity contribution in [3.63, 3.8) is 0 Å². The first-order valence-corrected chi connectivity index (χ1v) is 11.4. The van der Waals surface area contributed by atoms with Crippen molar-refractivity contribution in [2.75, 3.05) is 30.6 Å². The average molecular weight is 444 g/mol. The molecule has 0 amide bonds. The summed E-state index contributed by atoms with van der Waals surface area (Å²) in [5, 5.41) is 13.9. The maximum absolute atomic E-state index is 7.37. The Bertz CT molecular complexity index is 897. The number of amidine groups is 1. The maximum Gasteiger partial charge on any atom is 0.195 e. The molecule has 0 spiro atoms. The first-order valence-electron chi connectivity index (χ1n) is 9.58. The smallest absolute Gasteiger partial charge is 0.195 e. The maximum atomic E-state index is 7.37. The minimum atomic E-state index is 0.225. The van der Waals surface area contributed by atoms with Crippen LogP contribution >= 0.6 is 24.4 Å². The molecule has 0 saturated carbocycles. The van der Waals surface area contributed by atoms with Gasteiger partial charge in [-0.1, -0.05) is 12.1 Å². The van der Waals surface area contributed by atoms with E-state index in [1.165, 1.54) is 4.90 Å². The molecular weight excluding hydrogens is 414 g/mol. The number of aliphatic imine (C=N–C) groups is 2. The zero-order valence-corrected chi connectivity index (χ0v) is 19.4. The Morgan fingerprint density at radius 3 is 2.60 bits per heavy atom. The molecule has 6 nitrogen and oxygen atoms in total. The summed E-state index contributed by atoms with van der Waals surface area (Å²) in [5.74, 6) is 2.35. The summed E-state index contributed by atoms with van der Waals surface area (Å²) in [6.07, 6.45) is 3.12. The number of hydrogen-bond acceptors (Lipinski definition) is 7. The predicted octanol–water partition coefficient (Wildman–Crippen LogP) is 4.77. The number of hydrogen-bond donors (Lipinski definition) is 4. The van der Waals surface area contributed by atoms with Gasteiger partial charge < -0.3 is 15.4 Å². The second-order valence-electron chi connectivity index (χ2n) is 6.58. The van der Waals surface area contributed by atoms with Crippen LogP contribution < -0.4 is 15.4 Å². The number of nitrogens with one attached hydrogen (secondary N) is 3. The van der Waals surface area contributed by atoms with Crippen LogP contribution in [-0.2, 0) is 0 Å². The number of thioether (sulfide) groups is 1. The number of ether oxygens (including phenoxy) is 1. The molecule has 0 unspecified atom stereocenters. The van der Waals surface area contributed by atoms with Gasteiger partial charge in [0.25, 0.3) is 0 Å². The van der Waals surface area contributed by atoms with Crippen LogP contribution in [0.3, 0.4) is 0 Å². The largest absolute Gasteiger partial charge is 0.483 e. The molecule has 1 aliphatic rings. The first-order chi connectivity index (χ1) is 14.5. The molecule has 3 N–H and O–H groups in total. The Kier molecular flexibility index (Phi) is 9.76. The SMILES string of the molecule is C=NC(=N)c1ccc(SC)cc1.Cc1cc(OCS)c(C)cc1NC1=NCCCN1. The monoisotopic (exact) mass is 443 g/mol. The van der Waals surface area contributed by atoms with Crippen molar-refractivity contribution in [1.82, 2.24) is 5.32 Å². The molecule has 1 aliphatic heterocycles. The lowest BCUT2D eigenvalue weighted by Crippen LogP contribution is -2.35. The van der Waals surface area contributed by atoms with Gasteiger partial charge in [-0.2, -0.15) is 0 Å². The second kappa shape index (κ2) is 12.3. The highest BCUT2D eigenvalue weighted by molar-refractivity contribution is 7.98. The van der Waals surface area contributed by atoms with Crippen LogP contribution in [-0.4, -0.2) is 43.8 Å². The summed E-state index contributed by atoms with van der Waals surface area (Å²) >= 11 is 5.76. The number of nitrogens with zero attached hydrogens (tertiary/aromatic N) is 2. The van der Waals surface area contributed by atoms with Gasteiger partial charge in [-0.3, -0.25) is 10.4 Å². The second-order valence-corrected chi connectivity index (χ2v) is 7.71. The zero-order valence-electron chi connectivity index (χ0n) is 17.7. The molecule has 8 heteroatoms. The lowest BCUT2D eigenvalue weighted by atomic mass is 10.1. The van der Waals surface area contributed by atoms with Crippen LogP contribution in [0.4, 0.5) is 5.69 Å². The van der Waals surface area contributed by atoms with Crippen LogP contribution in [0.15, 0.2) is 51.3 Å². The van der Waals surface area contributed by atoms with Crippen LogP contribution in [0.2, 0.25) is 0 Å². The Morgan fingerprint density at radius 2 is 2.03 bits per heavy atom. The third kappa shape index (κ3) is 7.11. The fourth-order valence-corrected chi connectivity index (χ4v) is 3.28. The summed E-state index contributed by atoms with van der Waals surface area (Å²) in [6.45, 7) is 9.24. The third-order valence-corrected chi connectivity index (χ3v) is 5.29. The van der Waals surface area contributed by atoms with E-state index in [-0.39, 0.29) is 5.84 Å². The highest BCUT2D eigenvalue weighted by atomic mass is 32.2. The van der Waals surface area contributed by atoms with Gasteiger partial charge in [0, 0.05) is 29.2 Å². The van der Waals surface area contributed by atoms with Crippen molar-refractivity contribution >= 4 is 48.6 Å². The van der Waals surface area contributed by atoms with Crippen LogP contribution in [0.1, 0.15) is 23.1 Å². The molecule has 30 heavy (non-hydrogen) atoms. The topological polar surface area (TPSA) is 81.9 Å². The molecular formula is C22H29N5OS2. The van der Waals surface area contributed by atoms with E-state index in [9.17, 15) is 0 Å². The van der Waals surface area contributed by atoms with Crippen molar-refractivity contribution in [2.24, 2.45) is 9.98 Å². The molecule has 1 heterocycles. The molecule has 2 aromatic rings. The van der Waals surface area contributed by atoms with Crippen molar-refractivity contribution < 1.29 is 4.74 Å². The van der Waals surface area contributed by atoms with E-state index in [2.05, 4.69) is 53.0 Å². The number of aryl methyl sites for hydroxylation is 2. The fraction of sp³-hybridized carbons (Fsp3) is 0.318. The van der Waals surface area contributed by atoms with Crippen LogP contribution in [0.5, 0.6) is 5.75 Å². The molecule has 0 saturated heterocycles. The number of guanidine groups is 1. The molecule has 0 aliphatic carbocycles. The van der Waals surface area contributed by atoms with Gasteiger partial charge in [0.05, 0.1) is 0 Å². The summed E-state index contributed by atoms with van der Waals surface area (Å²) in [6, 6.07) is 11.8. The zero-order chi connectivity index (χ0) is 21.9. The predicted molar refractivity (Wildman–Crippen MR) is 134 cm³/mol. The van der Waals surface area contributed by atoms with Crippen molar-refractivity contribution in [3.05, 3.63) is 53.1 Å². The fourth-order valence-electron chi connectivity index (χ4n) is 2.73. The van der Waals surface area contributed by atoms with Crippen molar-refractivity contribution in [2.45, 2.75) is 25.2 Å². The highest BCUT2D eigenvalue weighted by Crippen LogP contribution is 2.26. The molecule has 3 rings (SSSR count). The number of thiol groups is 1. The number of anilines is 1. The van der Waals surface area contributed by atoms with E-state index < -0.39 is 0 Å².